The van der Waals surface area contributed by atoms with Crippen molar-refractivity contribution >= 4 is 22.9 Å². The summed E-state index contributed by atoms with van der Waals surface area (Å²) in [6.07, 6.45) is 4.04. The molecule has 0 amide bonds. The van der Waals surface area contributed by atoms with Crippen molar-refractivity contribution < 1.29 is 0 Å². The van der Waals surface area contributed by atoms with Crippen molar-refractivity contribution in [3.63, 3.8) is 0 Å². The monoisotopic (exact) mass is 318 g/mol. The molecule has 108 valence electrons. The van der Waals surface area contributed by atoms with E-state index >= 15 is 0 Å². The second kappa shape index (κ2) is 6.37. The molecule has 0 bridgehead atoms. The van der Waals surface area contributed by atoms with Crippen LogP contribution in [0.5, 0.6) is 0 Å². The number of nitrogens with zero attached hydrogens (tertiary/aromatic N) is 4. The number of rotatable bonds is 5. The van der Waals surface area contributed by atoms with Gasteiger partial charge in [-0.3, -0.25) is 0 Å². The molecule has 6 heteroatoms. The predicted octanol–water partition coefficient (Wildman–Crippen LogP) is 4.06. The number of thiazole rings is 1. The Balaban J connectivity index is 1.73. The highest BCUT2D eigenvalue weighted by Gasteiger charge is 2.07. The SMILES string of the molecule is CCCc1cn(Cc2csc(-c3ccc(Cl)cc3)n2)nn1. The van der Waals surface area contributed by atoms with E-state index in [9.17, 15) is 0 Å². The summed E-state index contributed by atoms with van der Waals surface area (Å²) in [6.45, 7) is 2.79. The number of aromatic nitrogens is 4. The van der Waals surface area contributed by atoms with Crippen LogP contribution in [0.3, 0.4) is 0 Å². The van der Waals surface area contributed by atoms with E-state index in [0.29, 0.717) is 6.54 Å². The molecular weight excluding hydrogens is 304 g/mol. The zero-order valence-electron chi connectivity index (χ0n) is 11.7. The van der Waals surface area contributed by atoms with Crippen molar-refractivity contribution in [2.45, 2.75) is 26.3 Å². The van der Waals surface area contributed by atoms with Gasteiger partial charge in [-0.05, 0) is 18.6 Å². The van der Waals surface area contributed by atoms with E-state index in [2.05, 4.69) is 27.6 Å². The summed E-state index contributed by atoms with van der Waals surface area (Å²) in [7, 11) is 0. The fraction of sp³-hybridized carbons (Fsp3) is 0.267. The zero-order chi connectivity index (χ0) is 14.7. The molecule has 3 aromatic rings. The van der Waals surface area contributed by atoms with E-state index < -0.39 is 0 Å². The lowest BCUT2D eigenvalue weighted by atomic mass is 10.2. The molecule has 1 aromatic carbocycles. The lowest BCUT2D eigenvalue weighted by molar-refractivity contribution is 0.641. The molecule has 21 heavy (non-hydrogen) atoms. The van der Waals surface area contributed by atoms with Gasteiger partial charge in [0.2, 0.25) is 0 Å². The lowest BCUT2D eigenvalue weighted by Crippen LogP contribution is -2.00. The van der Waals surface area contributed by atoms with Crippen LogP contribution in [0.15, 0.2) is 35.8 Å². The minimum absolute atomic E-state index is 0.654. The third-order valence-corrected chi connectivity index (χ3v) is 4.25. The van der Waals surface area contributed by atoms with Gasteiger partial charge in [0.05, 0.1) is 17.9 Å². The van der Waals surface area contributed by atoms with Gasteiger partial charge in [-0.2, -0.15) is 0 Å². The standard InChI is InChI=1S/C15H15ClN4S/c1-2-3-13-8-20(19-18-13)9-14-10-21-15(17-14)11-4-6-12(16)7-5-11/h4-8,10H,2-3,9H2,1H3. The summed E-state index contributed by atoms with van der Waals surface area (Å²) >= 11 is 7.53. The van der Waals surface area contributed by atoms with E-state index in [1.807, 2.05) is 35.1 Å². The molecule has 0 spiro atoms. The number of hydrogen-bond donors (Lipinski definition) is 0. The summed E-state index contributed by atoms with van der Waals surface area (Å²) in [6, 6.07) is 7.73. The number of benzene rings is 1. The summed E-state index contributed by atoms with van der Waals surface area (Å²) in [5.74, 6) is 0. The number of aryl methyl sites for hydroxylation is 1. The van der Waals surface area contributed by atoms with E-state index in [0.717, 1.165) is 39.8 Å². The van der Waals surface area contributed by atoms with Gasteiger partial charge in [0.25, 0.3) is 0 Å². The van der Waals surface area contributed by atoms with Crippen LogP contribution in [-0.4, -0.2) is 20.0 Å². The van der Waals surface area contributed by atoms with Crippen LogP contribution < -0.4 is 0 Å². The molecule has 2 heterocycles. The quantitative estimate of drug-likeness (QED) is 0.712. The van der Waals surface area contributed by atoms with Gasteiger partial charge in [0.15, 0.2) is 0 Å². The first-order valence-electron chi connectivity index (χ1n) is 6.84. The van der Waals surface area contributed by atoms with Crippen LogP contribution in [0.4, 0.5) is 0 Å². The molecule has 0 saturated carbocycles. The highest BCUT2D eigenvalue weighted by atomic mass is 35.5. The van der Waals surface area contributed by atoms with E-state index in [1.54, 1.807) is 11.3 Å². The Morgan fingerprint density at radius 3 is 2.76 bits per heavy atom. The van der Waals surface area contributed by atoms with Crippen molar-refractivity contribution in [1.82, 2.24) is 20.0 Å². The first-order chi connectivity index (χ1) is 10.2. The largest absolute Gasteiger partial charge is 0.246 e. The molecule has 3 rings (SSSR count). The average Bonchev–Trinajstić information content (AvgIpc) is 3.11. The maximum atomic E-state index is 5.90. The maximum absolute atomic E-state index is 5.90. The van der Waals surface area contributed by atoms with E-state index in [-0.39, 0.29) is 0 Å². The minimum atomic E-state index is 0.654. The van der Waals surface area contributed by atoms with Gasteiger partial charge >= 0.3 is 0 Å². The van der Waals surface area contributed by atoms with E-state index in [4.69, 9.17) is 11.6 Å². The summed E-state index contributed by atoms with van der Waals surface area (Å²) in [4.78, 5) is 4.65. The van der Waals surface area contributed by atoms with Crippen molar-refractivity contribution in [3.8, 4) is 10.6 Å². The average molecular weight is 319 g/mol. The molecule has 0 fully saturated rings. The topological polar surface area (TPSA) is 43.6 Å². The van der Waals surface area contributed by atoms with Crippen LogP contribution in [0.2, 0.25) is 5.02 Å². The Morgan fingerprint density at radius 2 is 2.00 bits per heavy atom. The number of hydrogen-bond acceptors (Lipinski definition) is 4. The Kier molecular flexibility index (Phi) is 4.31. The third-order valence-electron chi connectivity index (χ3n) is 3.06. The Morgan fingerprint density at radius 1 is 1.19 bits per heavy atom. The van der Waals surface area contributed by atoms with Gasteiger partial charge in [-0.1, -0.05) is 42.3 Å². The van der Waals surface area contributed by atoms with Crippen molar-refractivity contribution in [2.75, 3.05) is 0 Å². The first-order valence-corrected chi connectivity index (χ1v) is 8.09. The molecule has 0 radical (unpaired) electrons. The molecule has 0 N–H and O–H groups in total. The van der Waals surface area contributed by atoms with Gasteiger partial charge in [0, 0.05) is 22.2 Å². The Hall–Kier alpha value is -1.72. The van der Waals surface area contributed by atoms with Gasteiger partial charge in [-0.15, -0.1) is 16.4 Å². The smallest absolute Gasteiger partial charge is 0.123 e. The van der Waals surface area contributed by atoms with Crippen LogP contribution in [0.25, 0.3) is 10.6 Å². The molecule has 0 aliphatic heterocycles. The lowest BCUT2D eigenvalue weighted by Gasteiger charge is -1.97. The normalized spacial score (nSPS) is 11.0. The van der Waals surface area contributed by atoms with Crippen LogP contribution in [-0.2, 0) is 13.0 Å². The molecule has 0 aliphatic carbocycles. The highest BCUT2D eigenvalue weighted by molar-refractivity contribution is 7.13. The van der Waals surface area contributed by atoms with Crippen LogP contribution in [0, 0.1) is 0 Å². The third kappa shape index (κ3) is 3.49. The van der Waals surface area contributed by atoms with Gasteiger partial charge in [0.1, 0.15) is 5.01 Å². The Bertz CT molecular complexity index is 717. The molecule has 0 unspecified atom stereocenters. The second-order valence-electron chi connectivity index (χ2n) is 4.81. The maximum Gasteiger partial charge on any atom is 0.123 e. The summed E-state index contributed by atoms with van der Waals surface area (Å²) < 4.78 is 1.84. The molecular formula is C15H15ClN4S. The van der Waals surface area contributed by atoms with Gasteiger partial charge < -0.3 is 0 Å². The molecule has 2 aromatic heterocycles. The fourth-order valence-electron chi connectivity index (χ4n) is 2.06. The fourth-order valence-corrected chi connectivity index (χ4v) is 3.00. The van der Waals surface area contributed by atoms with Gasteiger partial charge in [-0.25, -0.2) is 9.67 Å². The molecule has 0 aliphatic rings. The van der Waals surface area contributed by atoms with Crippen molar-refractivity contribution in [1.29, 1.82) is 0 Å². The highest BCUT2D eigenvalue weighted by Crippen LogP contribution is 2.25. The molecule has 4 nitrogen and oxygen atoms in total. The number of halogens is 1. The summed E-state index contributed by atoms with van der Waals surface area (Å²) in [5.41, 5.74) is 3.12. The summed E-state index contributed by atoms with van der Waals surface area (Å²) in [5, 5.41) is 12.1. The van der Waals surface area contributed by atoms with Crippen molar-refractivity contribution in [2.24, 2.45) is 0 Å². The van der Waals surface area contributed by atoms with Crippen molar-refractivity contribution in [3.05, 3.63) is 52.3 Å². The predicted molar refractivity (Wildman–Crippen MR) is 85.7 cm³/mol. The zero-order valence-corrected chi connectivity index (χ0v) is 13.2. The second-order valence-corrected chi connectivity index (χ2v) is 6.10. The van der Waals surface area contributed by atoms with Crippen LogP contribution in [0.1, 0.15) is 24.7 Å². The minimum Gasteiger partial charge on any atom is -0.246 e. The Labute approximate surface area is 132 Å². The first kappa shape index (κ1) is 14.2. The molecule has 0 atom stereocenters. The van der Waals surface area contributed by atoms with Crippen LogP contribution >= 0.6 is 22.9 Å². The van der Waals surface area contributed by atoms with E-state index in [1.165, 1.54) is 0 Å². The molecule has 0 saturated heterocycles.